The van der Waals surface area contributed by atoms with Gasteiger partial charge in [0.05, 0.1) is 0 Å². The van der Waals surface area contributed by atoms with E-state index >= 15 is 0 Å². The van der Waals surface area contributed by atoms with Crippen LogP contribution in [0.2, 0.25) is 26.3 Å². The third kappa shape index (κ3) is 2.44. The van der Waals surface area contributed by atoms with E-state index in [-0.39, 0.29) is 0 Å². The van der Waals surface area contributed by atoms with Gasteiger partial charge < -0.3 is 0 Å². The summed E-state index contributed by atoms with van der Waals surface area (Å²) in [6, 6.07) is 0. The fourth-order valence-electron chi connectivity index (χ4n) is 0.805. The van der Waals surface area contributed by atoms with E-state index in [0.717, 1.165) is 13.2 Å². The molecule has 8 heavy (non-hydrogen) atoms. The van der Waals surface area contributed by atoms with Crippen molar-refractivity contribution in [3.8, 4) is 0 Å². The van der Waals surface area contributed by atoms with Crippen LogP contribution in [0.15, 0.2) is 0 Å². The molecule has 0 aliphatic carbocycles. The standard InChI is InChI=1S/C6H16B2/c1-5-7(3)8(4)6-2/h5-6H2,1-4H3. The van der Waals surface area contributed by atoms with Gasteiger partial charge in [0.2, 0.25) is 0 Å². The van der Waals surface area contributed by atoms with Crippen LogP contribution in [0.25, 0.3) is 0 Å². The summed E-state index contributed by atoms with van der Waals surface area (Å²) in [5.41, 5.74) is 0. The maximum absolute atomic E-state index is 2.33. The van der Waals surface area contributed by atoms with Crippen molar-refractivity contribution in [2.24, 2.45) is 0 Å². The molecule has 0 amide bonds. The van der Waals surface area contributed by atoms with Gasteiger partial charge in [-0.15, -0.1) is 0 Å². The van der Waals surface area contributed by atoms with Gasteiger partial charge in [-0.2, -0.15) is 0 Å². The minimum Gasteiger partial charge on any atom is -0.0920 e. The molecule has 0 N–H and O–H groups in total. The second-order valence-corrected chi connectivity index (χ2v) is 2.77. The molecule has 0 aromatic rings. The third-order valence-corrected chi connectivity index (χ3v) is 2.26. The van der Waals surface area contributed by atoms with Crippen molar-refractivity contribution in [1.82, 2.24) is 0 Å². The predicted octanol–water partition coefficient (Wildman–Crippen LogP) is 2.35. The van der Waals surface area contributed by atoms with Crippen LogP contribution in [0.1, 0.15) is 13.8 Å². The molecule has 0 nitrogen and oxygen atoms in total. The first-order chi connectivity index (χ1) is 3.72. The largest absolute Gasteiger partial charge is 0.105 e. The van der Waals surface area contributed by atoms with E-state index in [2.05, 4.69) is 27.5 Å². The summed E-state index contributed by atoms with van der Waals surface area (Å²) in [7, 11) is 0. The average Bonchev–Trinajstić information content (AvgIpc) is 1.84. The SMILES string of the molecule is CCB(C)B(C)CC. The molecular formula is C6H16B2. The Hall–Kier alpha value is 0.130. The molecule has 0 atom stereocenters. The highest BCUT2D eigenvalue weighted by Gasteiger charge is 2.13. The van der Waals surface area contributed by atoms with Crippen LogP contribution in [0.5, 0.6) is 0 Å². The second-order valence-electron chi connectivity index (χ2n) is 2.77. The molecule has 0 bridgehead atoms. The lowest BCUT2D eigenvalue weighted by molar-refractivity contribution is 1.40. The normalized spacial score (nSPS) is 9.00. The molecule has 0 aliphatic heterocycles. The summed E-state index contributed by atoms with van der Waals surface area (Å²) in [4.78, 5) is 0. The Morgan fingerprint density at radius 3 is 1.25 bits per heavy atom. The van der Waals surface area contributed by atoms with E-state index in [0.29, 0.717) is 0 Å². The first-order valence-corrected chi connectivity index (χ1v) is 3.72. The molecule has 0 unspecified atom stereocenters. The Kier molecular flexibility index (Phi) is 4.12. The lowest BCUT2D eigenvalue weighted by atomic mass is 9.08. The highest BCUT2D eigenvalue weighted by Crippen LogP contribution is 2.00. The summed E-state index contributed by atoms with van der Waals surface area (Å²) >= 11 is 0. The summed E-state index contributed by atoms with van der Waals surface area (Å²) in [5, 5.41) is 0. The van der Waals surface area contributed by atoms with Crippen LogP contribution in [-0.4, -0.2) is 13.2 Å². The van der Waals surface area contributed by atoms with Crippen molar-refractivity contribution < 1.29 is 0 Å². The van der Waals surface area contributed by atoms with Crippen molar-refractivity contribution in [1.29, 1.82) is 0 Å². The van der Waals surface area contributed by atoms with Gasteiger partial charge in [-0.1, -0.05) is 40.1 Å². The van der Waals surface area contributed by atoms with E-state index in [9.17, 15) is 0 Å². The smallest absolute Gasteiger partial charge is 0.0920 e. The molecule has 0 aromatic heterocycles. The molecule has 0 fully saturated rings. The average molecular weight is 110 g/mol. The number of rotatable bonds is 3. The Labute approximate surface area is 54.2 Å². The predicted molar refractivity (Wildman–Crippen MR) is 44.2 cm³/mol. The fraction of sp³-hybridized carbons (Fsp3) is 1.00. The molecule has 0 aromatic carbocycles. The van der Waals surface area contributed by atoms with Crippen molar-refractivity contribution in [2.45, 2.75) is 40.1 Å². The van der Waals surface area contributed by atoms with Crippen LogP contribution in [0, 0.1) is 0 Å². The highest BCUT2D eigenvalue weighted by atomic mass is 13.6. The summed E-state index contributed by atoms with van der Waals surface area (Å²) < 4.78 is 0. The van der Waals surface area contributed by atoms with Crippen LogP contribution in [0.3, 0.4) is 0 Å². The molecule has 0 saturated heterocycles. The van der Waals surface area contributed by atoms with E-state index in [1.165, 1.54) is 12.6 Å². The van der Waals surface area contributed by atoms with Crippen LogP contribution < -0.4 is 0 Å². The molecule has 2 heteroatoms. The second kappa shape index (κ2) is 4.05. The minimum absolute atomic E-state index is 0.917. The van der Waals surface area contributed by atoms with Gasteiger partial charge in [-0.25, -0.2) is 0 Å². The zero-order chi connectivity index (χ0) is 6.57. The van der Waals surface area contributed by atoms with Gasteiger partial charge >= 0.3 is 0 Å². The Balaban J connectivity index is 3.29. The van der Waals surface area contributed by atoms with E-state index in [1.807, 2.05) is 0 Å². The monoisotopic (exact) mass is 110 g/mol. The fourth-order valence-corrected chi connectivity index (χ4v) is 0.805. The maximum Gasteiger partial charge on any atom is 0.105 e. The molecule has 46 valence electrons. The molecule has 0 radical (unpaired) electrons. The summed E-state index contributed by atoms with van der Waals surface area (Å²) in [6.45, 7) is 11.0. The van der Waals surface area contributed by atoms with Crippen molar-refractivity contribution >= 4 is 13.2 Å². The lowest BCUT2D eigenvalue weighted by Crippen LogP contribution is -2.27. The zero-order valence-electron chi connectivity index (χ0n) is 6.57. The van der Waals surface area contributed by atoms with Crippen LogP contribution in [-0.2, 0) is 0 Å². The van der Waals surface area contributed by atoms with E-state index < -0.39 is 0 Å². The van der Waals surface area contributed by atoms with Gasteiger partial charge in [0, 0.05) is 0 Å². The molecular weight excluding hydrogens is 93.7 g/mol. The van der Waals surface area contributed by atoms with Gasteiger partial charge in [-0.05, 0) is 0 Å². The third-order valence-electron chi connectivity index (χ3n) is 2.26. The topological polar surface area (TPSA) is 0 Å². The van der Waals surface area contributed by atoms with Gasteiger partial charge in [-0.3, -0.25) is 0 Å². The molecule has 0 saturated carbocycles. The van der Waals surface area contributed by atoms with Crippen molar-refractivity contribution in [2.75, 3.05) is 0 Å². The molecule has 0 aliphatic rings. The van der Waals surface area contributed by atoms with Crippen LogP contribution >= 0.6 is 0 Å². The Morgan fingerprint density at radius 1 is 0.875 bits per heavy atom. The van der Waals surface area contributed by atoms with E-state index in [1.54, 1.807) is 0 Å². The molecule has 0 rings (SSSR count). The number of hydrogen-bond acceptors (Lipinski definition) is 0. The van der Waals surface area contributed by atoms with Crippen molar-refractivity contribution in [3.63, 3.8) is 0 Å². The summed E-state index contributed by atoms with van der Waals surface area (Å²) in [6.07, 6.45) is 2.66. The number of hydrogen-bond donors (Lipinski definition) is 0. The van der Waals surface area contributed by atoms with Crippen molar-refractivity contribution in [3.05, 3.63) is 0 Å². The van der Waals surface area contributed by atoms with E-state index in [4.69, 9.17) is 0 Å². The Bertz CT molecular complexity index is 46.5. The maximum atomic E-state index is 2.33. The minimum atomic E-state index is 0.917. The zero-order valence-corrected chi connectivity index (χ0v) is 6.57. The quantitative estimate of drug-likeness (QED) is 0.489. The van der Waals surface area contributed by atoms with Gasteiger partial charge in [0.1, 0.15) is 13.2 Å². The summed E-state index contributed by atoms with van der Waals surface area (Å²) in [5.74, 6) is 0. The first kappa shape index (κ1) is 8.13. The lowest BCUT2D eigenvalue weighted by Gasteiger charge is -2.07. The first-order valence-electron chi connectivity index (χ1n) is 3.72. The molecule has 0 heterocycles. The van der Waals surface area contributed by atoms with Gasteiger partial charge in [0.15, 0.2) is 0 Å². The van der Waals surface area contributed by atoms with Crippen LogP contribution in [0.4, 0.5) is 0 Å². The molecule has 0 spiro atoms. The Morgan fingerprint density at radius 2 is 1.12 bits per heavy atom. The highest BCUT2D eigenvalue weighted by molar-refractivity contribution is 7.21. The van der Waals surface area contributed by atoms with Gasteiger partial charge in [0.25, 0.3) is 0 Å².